The molecular formula is C23H25N3O6. The van der Waals surface area contributed by atoms with Gasteiger partial charge in [-0.05, 0) is 43.2 Å². The molecular weight excluding hydrogens is 414 g/mol. The summed E-state index contributed by atoms with van der Waals surface area (Å²) in [6.45, 7) is 1.68. The minimum atomic E-state index is -0.539. The van der Waals surface area contributed by atoms with Crippen LogP contribution in [-0.4, -0.2) is 59.8 Å². The maximum Gasteiger partial charge on any atom is 0.270 e. The van der Waals surface area contributed by atoms with E-state index < -0.39 is 4.92 Å². The number of nitro benzene ring substituents is 1. The number of non-ortho nitro benzene ring substituents is 1. The van der Waals surface area contributed by atoms with Crippen molar-refractivity contribution in [2.75, 3.05) is 33.3 Å². The van der Waals surface area contributed by atoms with Crippen LogP contribution in [0.2, 0.25) is 0 Å². The molecule has 9 nitrogen and oxygen atoms in total. The first kappa shape index (κ1) is 21.6. The highest BCUT2D eigenvalue weighted by Gasteiger charge is 2.33. The summed E-state index contributed by atoms with van der Waals surface area (Å²) in [5, 5.41) is 11.3. The Morgan fingerprint density at radius 1 is 0.969 bits per heavy atom. The van der Waals surface area contributed by atoms with Gasteiger partial charge in [-0.2, -0.15) is 0 Å². The van der Waals surface area contributed by atoms with Crippen molar-refractivity contribution in [3.63, 3.8) is 0 Å². The lowest BCUT2D eigenvalue weighted by atomic mass is 9.84. The minimum absolute atomic E-state index is 0.119. The topological polar surface area (TPSA) is 102 Å². The number of hydrogen-bond acceptors (Lipinski definition) is 6. The maximum atomic E-state index is 13.3. The van der Waals surface area contributed by atoms with Gasteiger partial charge in [-0.1, -0.05) is 6.42 Å². The molecule has 1 saturated carbocycles. The Morgan fingerprint density at radius 3 is 2.16 bits per heavy atom. The quantitative estimate of drug-likeness (QED) is 0.504. The van der Waals surface area contributed by atoms with E-state index in [-0.39, 0.29) is 34.7 Å². The van der Waals surface area contributed by atoms with E-state index in [0.717, 1.165) is 19.3 Å². The third-order valence-electron chi connectivity index (χ3n) is 6.02. The number of benzene rings is 2. The van der Waals surface area contributed by atoms with Crippen molar-refractivity contribution in [2.45, 2.75) is 19.3 Å². The summed E-state index contributed by atoms with van der Waals surface area (Å²) in [6, 6.07) is 10.8. The van der Waals surface area contributed by atoms with Crippen LogP contribution in [-0.2, 0) is 4.79 Å². The highest BCUT2D eigenvalue weighted by Crippen LogP contribution is 2.32. The maximum absolute atomic E-state index is 13.3. The fourth-order valence-corrected chi connectivity index (χ4v) is 3.87. The first-order valence-electron chi connectivity index (χ1n) is 10.6. The number of carbonyl (C=O) groups excluding carboxylic acids is 2. The molecule has 2 amide bonds. The van der Waals surface area contributed by atoms with Crippen LogP contribution >= 0.6 is 0 Å². The van der Waals surface area contributed by atoms with Crippen molar-refractivity contribution in [3.8, 4) is 17.2 Å². The van der Waals surface area contributed by atoms with Crippen LogP contribution in [0.5, 0.6) is 17.2 Å². The van der Waals surface area contributed by atoms with E-state index in [4.69, 9.17) is 9.47 Å². The second-order valence-electron chi connectivity index (χ2n) is 7.96. The van der Waals surface area contributed by atoms with Gasteiger partial charge in [0.15, 0.2) is 0 Å². The third-order valence-corrected chi connectivity index (χ3v) is 6.02. The van der Waals surface area contributed by atoms with Crippen LogP contribution < -0.4 is 9.47 Å². The molecule has 1 heterocycles. The van der Waals surface area contributed by atoms with E-state index in [1.54, 1.807) is 36.3 Å². The molecule has 2 fully saturated rings. The van der Waals surface area contributed by atoms with E-state index in [0.29, 0.717) is 37.7 Å². The van der Waals surface area contributed by atoms with E-state index >= 15 is 0 Å². The summed E-state index contributed by atoms with van der Waals surface area (Å²) in [6.07, 6.45) is 2.98. The molecule has 32 heavy (non-hydrogen) atoms. The van der Waals surface area contributed by atoms with Gasteiger partial charge in [0.05, 0.1) is 17.6 Å². The lowest BCUT2D eigenvalue weighted by molar-refractivity contribution is -0.384. The smallest absolute Gasteiger partial charge is 0.270 e. The number of carbonyl (C=O) groups is 2. The van der Waals surface area contributed by atoms with E-state index in [1.807, 2.05) is 4.90 Å². The number of rotatable bonds is 6. The van der Waals surface area contributed by atoms with Crippen molar-refractivity contribution in [3.05, 3.63) is 58.1 Å². The Labute approximate surface area is 185 Å². The van der Waals surface area contributed by atoms with Gasteiger partial charge in [0, 0.05) is 44.2 Å². The van der Waals surface area contributed by atoms with Gasteiger partial charge in [0.25, 0.3) is 11.6 Å². The molecule has 0 radical (unpaired) electrons. The molecule has 0 atom stereocenters. The zero-order valence-electron chi connectivity index (χ0n) is 17.9. The number of nitro groups is 1. The molecule has 2 aromatic carbocycles. The van der Waals surface area contributed by atoms with E-state index in [9.17, 15) is 19.7 Å². The SMILES string of the molecule is COc1ccc(Oc2ccc([N+](=O)[O-])cc2C(=O)N2CCN(C(=O)C3CCC3)CC2)cc1. The fraction of sp³-hybridized carbons (Fsp3) is 0.391. The van der Waals surface area contributed by atoms with Crippen molar-refractivity contribution >= 4 is 17.5 Å². The van der Waals surface area contributed by atoms with E-state index in [2.05, 4.69) is 0 Å². The number of nitrogens with zero attached hydrogens (tertiary/aromatic N) is 3. The summed E-state index contributed by atoms with van der Waals surface area (Å²) in [5.41, 5.74) is -0.0667. The molecule has 1 aliphatic carbocycles. The van der Waals surface area contributed by atoms with Crippen LogP contribution in [0.3, 0.4) is 0 Å². The molecule has 0 bridgehead atoms. The molecule has 1 aliphatic heterocycles. The van der Waals surface area contributed by atoms with Gasteiger partial charge in [-0.3, -0.25) is 19.7 Å². The molecule has 168 valence electrons. The van der Waals surface area contributed by atoms with Crippen molar-refractivity contribution in [2.24, 2.45) is 5.92 Å². The number of amides is 2. The van der Waals surface area contributed by atoms with E-state index in [1.165, 1.54) is 18.2 Å². The number of hydrogen-bond donors (Lipinski definition) is 0. The largest absolute Gasteiger partial charge is 0.497 e. The first-order chi connectivity index (χ1) is 15.5. The van der Waals surface area contributed by atoms with Crippen molar-refractivity contribution < 1.29 is 24.0 Å². The molecule has 4 rings (SSSR count). The summed E-state index contributed by atoms with van der Waals surface area (Å²) in [7, 11) is 1.56. The van der Waals surface area contributed by atoms with Crippen LogP contribution in [0.4, 0.5) is 5.69 Å². The number of ether oxygens (including phenoxy) is 2. The lowest BCUT2D eigenvalue weighted by Crippen LogP contribution is -2.52. The van der Waals surface area contributed by atoms with Crippen LogP contribution in [0.1, 0.15) is 29.6 Å². The highest BCUT2D eigenvalue weighted by molar-refractivity contribution is 5.98. The van der Waals surface area contributed by atoms with Gasteiger partial charge in [0.1, 0.15) is 17.2 Å². The molecule has 0 aromatic heterocycles. The van der Waals surface area contributed by atoms with Gasteiger partial charge in [-0.25, -0.2) is 0 Å². The Kier molecular flexibility index (Phi) is 6.25. The summed E-state index contributed by atoms with van der Waals surface area (Å²) >= 11 is 0. The van der Waals surface area contributed by atoms with Gasteiger partial charge < -0.3 is 19.3 Å². The van der Waals surface area contributed by atoms with Crippen LogP contribution in [0, 0.1) is 16.0 Å². The van der Waals surface area contributed by atoms with Gasteiger partial charge in [0.2, 0.25) is 5.91 Å². The second kappa shape index (κ2) is 9.25. The lowest BCUT2D eigenvalue weighted by Gasteiger charge is -2.38. The average Bonchev–Trinajstić information content (AvgIpc) is 2.78. The third kappa shape index (κ3) is 4.51. The molecule has 2 aliphatic rings. The summed E-state index contributed by atoms with van der Waals surface area (Å²) in [5.74, 6) is 1.31. The van der Waals surface area contributed by atoms with Gasteiger partial charge >= 0.3 is 0 Å². The first-order valence-corrected chi connectivity index (χ1v) is 10.6. The predicted octanol–water partition coefficient (Wildman–Crippen LogP) is 3.48. The molecule has 0 unspecified atom stereocenters. The van der Waals surface area contributed by atoms with Crippen LogP contribution in [0.25, 0.3) is 0 Å². The number of piperazine rings is 1. The van der Waals surface area contributed by atoms with Crippen LogP contribution in [0.15, 0.2) is 42.5 Å². The highest BCUT2D eigenvalue weighted by atomic mass is 16.6. The minimum Gasteiger partial charge on any atom is -0.497 e. The Morgan fingerprint density at radius 2 is 1.59 bits per heavy atom. The predicted molar refractivity (Wildman–Crippen MR) is 116 cm³/mol. The molecule has 9 heteroatoms. The molecule has 0 N–H and O–H groups in total. The Bertz CT molecular complexity index is 1010. The fourth-order valence-electron chi connectivity index (χ4n) is 3.87. The van der Waals surface area contributed by atoms with Crippen molar-refractivity contribution in [1.29, 1.82) is 0 Å². The standard InChI is InChI=1S/C23H25N3O6/c1-31-18-6-8-19(9-7-18)32-21-10-5-17(26(29)30)15-20(21)23(28)25-13-11-24(12-14-25)22(27)16-3-2-4-16/h5-10,15-16H,2-4,11-14H2,1H3. The zero-order valence-corrected chi connectivity index (χ0v) is 17.9. The summed E-state index contributed by atoms with van der Waals surface area (Å²) < 4.78 is 11.0. The number of methoxy groups -OCH3 is 1. The molecule has 0 spiro atoms. The summed E-state index contributed by atoms with van der Waals surface area (Å²) in [4.78, 5) is 39.9. The Hall–Kier alpha value is -3.62. The Balaban J connectivity index is 1.51. The normalized spacial score (nSPS) is 16.3. The zero-order chi connectivity index (χ0) is 22.7. The van der Waals surface area contributed by atoms with Crippen molar-refractivity contribution in [1.82, 2.24) is 9.80 Å². The van der Waals surface area contributed by atoms with Gasteiger partial charge in [-0.15, -0.1) is 0 Å². The molecule has 1 saturated heterocycles. The average molecular weight is 439 g/mol. The molecule has 2 aromatic rings. The monoisotopic (exact) mass is 439 g/mol. The second-order valence-corrected chi connectivity index (χ2v) is 7.96.